The van der Waals surface area contributed by atoms with Crippen LogP contribution in [0.25, 0.3) is 0 Å². The molecule has 2 nitrogen and oxygen atoms in total. The van der Waals surface area contributed by atoms with Crippen molar-refractivity contribution in [2.24, 2.45) is 0 Å². The second-order valence-corrected chi connectivity index (χ2v) is 5.08. The second kappa shape index (κ2) is 2.83. The molecule has 1 aromatic carbocycles. The lowest BCUT2D eigenvalue weighted by molar-refractivity contribution is 0.172. The highest BCUT2D eigenvalue weighted by Crippen LogP contribution is 2.48. The first-order valence-corrected chi connectivity index (χ1v) is 5.54. The molecule has 1 aromatic rings. The van der Waals surface area contributed by atoms with Crippen LogP contribution >= 0.6 is 0 Å². The van der Waals surface area contributed by atoms with Crippen molar-refractivity contribution in [1.29, 1.82) is 0 Å². The fourth-order valence-electron chi connectivity index (χ4n) is 2.09. The number of rotatable bonds is 3. The number of aliphatic hydroxyl groups is 1. The van der Waals surface area contributed by atoms with Gasteiger partial charge in [-0.15, -0.1) is 0 Å². The maximum atomic E-state index is 9.23. The molecule has 0 aromatic heterocycles. The molecule has 2 aliphatic rings. The van der Waals surface area contributed by atoms with Gasteiger partial charge in [0, 0.05) is 0 Å². The molecule has 1 atom stereocenters. The molecule has 80 valence electrons. The van der Waals surface area contributed by atoms with E-state index < -0.39 is 0 Å². The van der Waals surface area contributed by atoms with Gasteiger partial charge >= 0.3 is 0 Å². The Balaban J connectivity index is 1.88. The van der Waals surface area contributed by atoms with Gasteiger partial charge < -0.3 is 9.84 Å². The lowest BCUT2D eigenvalue weighted by Crippen LogP contribution is -2.14. The van der Waals surface area contributed by atoms with Gasteiger partial charge in [0.2, 0.25) is 0 Å². The summed E-state index contributed by atoms with van der Waals surface area (Å²) in [4.78, 5) is 0. The number of hydrogen-bond acceptors (Lipinski definition) is 2. The molecule has 1 N–H and O–H groups in total. The summed E-state index contributed by atoms with van der Waals surface area (Å²) in [5.74, 6) is 0. The summed E-state index contributed by atoms with van der Waals surface area (Å²) in [6, 6.07) is 8.56. The molecule has 3 rings (SSSR count). The predicted octanol–water partition coefficient (Wildman–Crippen LogP) is 1.96. The number of benzene rings is 1. The number of aliphatic hydroxyl groups excluding tert-OH is 1. The Morgan fingerprint density at radius 3 is 2.13 bits per heavy atom. The topological polar surface area (TPSA) is 32.8 Å². The fraction of sp³-hybridized carbons (Fsp3) is 0.538. The summed E-state index contributed by atoms with van der Waals surface area (Å²) < 4.78 is 5.32. The molecule has 1 saturated heterocycles. The summed E-state index contributed by atoms with van der Waals surface area (Å²) in [6.07, 6.45) is 2.60. The molecule has 1 aliphatic carbocycles. The van der Waals surface area contributed by atoms with Crippen LogP contribution in [0.4, 0.5) is 0 Å². The standard InChI is InChI=1S/C13H16O2/c1-12(6-7-12)10-2-4-11(5-3-10)13(8-14)9-15-13/h2-5,14H,6-9H2,1H3. The van der Waals surface area contributed by atoms with Crippen molar-refractivity contribution in [2.45, 2.75) is 30.8 Å². The van der Waals surface area contributed by atoms with Crippen molar-refractivity contribution < 1.29 is 9.84 Å². The Morgan fingerprint density at radius 1 is 1.20 bits per heavy atom. The highest BCUT2D eigenvalue weighted by atomic mass is 16.6. The van der Waals surface area contributed by atoms with Crippen molar-refractivity contribution in [3.8, 4) is 0 Å². The minimum absolute atomic E-state index is 0.0869. The molecule has 2 heteroatoms. The Labute approximate surface area is 89.9 Å². The van der Waals surface area contributed by atoms with E-state index in [0.717, 1.165) is 5.56 Å². The average molecular weight is 204 g/mol. The Kier molecular flexibility index (Phi) is 1.77. The van der Waals surface area contributed by atoms with Crippen molar-refractivity contribution in [2.75, 3.05) is 13.2 Å². The van der Waals surface area contributed by atoms with Gasteiger partial charge in [-0.2, -0.15) is 0 Å². The van der Waals surface area contributed by atoms with E-state index in [-0.39, 0.29) is 12.2 Å². The van der Waals surface area contributed by atoms with Crippen LogP contribution < -0.4 is 0 Å². The van der Waals surface area contributed by atoms with Crippen LogP contribution in [0.1, 0.15) is 30.9 Å². The second-order valence-electron chi connectivity index (χ2n) is 5.08. The highest BCUT2D eigenvalue weighted by molar-refractivity contribution is 5.36. The first-order valence-electron chi connectivity index (χ1n) is 5.54. The summed E-state index contributed by atoms with van der Waals surface area (Å²) in [7, 11) is 0. The minimum atomic E-state index is -0.372. The van der Waals surface area contributed by atoms with Gasteiger partial charge in [0.15, 0.2) is 0 Å². The van der Waals surface area contributed by atoms with E-state index in [4.69, 9.17) is 4.74 Å². The smallest absolute Gasteiger partial charge is 0.139 e. The number of ether oxygens (including phenoxy) is 1. The molecule has 0 amide bonds. The molecule has 0 spiro atoms. The summed E-state index contributed by atoms with van der Waals surface area (Å²) in [5.41, 5.74) is 2.58. The van der Waals surface area contributed by atoms with Gasteiger partial charge in [0.05, 0.1) is 13.2 Å². The third-order valence-electron chi connectivity index (χ3n) is 3.86. The van der Waals surface area contributed by atoms with E-state index in [2.05, 4.69) is 31.2 Å². The van der Waals surface area contributed by atoms with Crippen LogP contribution in [-0.2, 0) is 15.8 Å². The first-order chi connectivity index (χ1) is 7.19. The summed E-state index contributed by atoms with van der Waals surface area (Å²) in [6.45, 7) is 3.04. The van der Waals surface area contributed by atoms with E-state index in [1.807, 2.05) is 0 Å². The van der Waals surface area contributed by atoms with Crippen molar-refractivity contribution in [3.05, 3.63) is 35.4 Å². The number of epoxide rings is 1. The van der Waals surface area contributed by atoms with Crippen molar-refractivity contribution >= 4 is 0 Å². The normalized spacial score (nSPS) is 31.3. The van der Waals surface area contributed by atoms with Crippen LogP contribution in [-0.4, -0.2) is 18.3 Å². The van der Waals surface area contributed by atoms with Crippen LogP contribution in [0.3, 0.4) is 0 Å². The number of hydrogen-bond donors (Lipinski definition) is 1. The zero-order valence-corrected chi connectivity index (χ0v) is 8.99. The first kappa shape index (κ1) is 9.37. The van der Waals surface area contributed by atoms with Crippen LogP contribution in [0.2, 0.25) is 0 Å². The molecule has 15 heavy (non-hydrogen) atoms. The maximum Gasteiger partial charge on any atom is 0.139 e. The minimum Gasteiger partial charge on any atom is -0.393 e. The van der Waals surface area contributed by atoms with Gasteiger partial charge in [-0.05, 0) is 29.4 Å². The third kappa shape index (κ3) is 1.40. The van der Waals surface area contributed by atoms with Gasteiger partial charge in [-0.25, -0.2) is 0 Å². The Hall–Kier alpha value is -0.860. The third-order valence-corrected chi connectivity index (χ3v) is 3.86. The quantitative estimate of drug-likeness (QED) is 0.763. The molecule has 1 heterocycles. The maximum absolute atomic E-state index is 9.23. The van der Waals surface area contributed by atoms with Crippen molar-refractivity contribution in [1.82, 2.24) is 0 Å². The molecule has 1 unspecified atom stereocenters. The largest absolute Gasteiger partial charge is 0.393 e. The molecular formula is C13H16O2. The van der Waals surface area contributed by atoms with E-state index in [9.17, 15) is 5.11 Å². The van der Waals surface area contributed by atoms with E-state index in [1.165, 1.54) is 18.4 Å². The van der Waals surface area contributed by atoms with Crippen LogP contribution in [0.5, 0.6) is 0 Å². The van der Waals surface area contributed by atoms with Gasteiger partial charge in [0.25, 0.3) is 0 Å². The molecule has 0 bridgehead atoms. The van der Waals surface area contributed by atoms with Crippen LogP contribution in [0, 0.1) is 0 Å². The van der Waals surface area contributed by atoms with E-state index in [0.29, 0.717) is 12.0 Å². The van der Waals surface area contributed by atoms with Crippen molar-refractivity contribution in [3.63, 3.8) is 0 Å². The van der Waals surface area contributed by atoms with E-state index in [1.54, 1.807) is 0 Å². The molecular weight excluding hydrogens is 188 g/mol. The lowest BCUT2D eigenvalue weighted by atomic mass is 9.94. The predicted molar refractivity (Wildman–Crippen MR) is 57.7 cm³/mol. The zero-order valence-electron chi connectivity index (χ0n) is 8.99. The molecule has 1 aliphatic heterocycles. The van der Waals surface area contributed by atoms with Crippen LogP contribution in [0.15, 0.2) is 24.3 Å². The average Bonchev–Trinajstić information content (AvgIpc) is 3.15. The zero-order chi connectivity index (χ0) is 10.5. The van der Waals surface area contributed by atoms with Gasteiger partial charge in [-0.1, -0.05) is 31.2 Å². The molecule has 1 saturated carbocycles. The van der Waals surface area contributed by atoms with E-state index >= 15 is 0 Å². The summed E-state index contributed by atoms with van der Waals surface area (Å²) in [5, 5.41) is 9.23. The SMILES string of the molecule is CC1(c2ccc(C3(CO)CO3)cc2)CC1. The Morgan fingerprint density at radius 2 is 1.73 bits per heavy atom. The summed E-state index contributed by atoms with van der Waals surface area (Å²) >= 11 is 0. The molecule has 0 radical (unpaired) electrons. The Bertz CT molecular complexity index is 372. The fourth-order valence-corrected chi connectivity index (χ4v) is 2.09. The monoisotopic (exact) mass is 204 g/mol. The lowest BCUT2D eigenvalue weighted by Gasteiger charge is -2.12. The highest BCUT2D eigenvalue weighted by Gasteiger charge is 2.46. The molecule has 2 fully saturated rings. The van der Waals surface area contributed by atoms with Gasteiger partial charge in [0.1, 0.15) is 5.60 Å². The van der Waals surface area contributed by atoms with Gasteiger partial charge in [-0.3, -0.25) is 0 Å².